The van der Waals surface area contributed by atoms with Crippen molar-refractivity contribution in [2.24, 2.45) is 0 Å². The summed E-state index contributed by atoms with van der Waals surface area (Å²) in [6.07, 6.45) is -3.91. The van der Waals surface area contributed by atoms with Crippen molar-refractivity contribution in [1.29, 1.82) is 0 Å². The summed E-state index contributed by atoms with van der Waals surface area (Å²) in [6, 6.07) is 15.6. The molecule has 0 aliphatic carbocycles. The van der Waals surface area contributed by atoms with Gasteiger partial charge in [-0.1, -0.05) is 60.7 Å². The van der Waals surface area contributed by atoms with Gasteiger partial charge in [-0.05, 0) is 31.0 Å². The Morgan fingerprint density at radius 1 is 1.03 bits per heavy atom. The molecule has 32 heavy (non-hydrogen) atoms. The Morgan fingerprint density at radius 2 is 1.66 bits per heavy atom. The van der Waals surface area contributed by atoms with Crippen molar-refractivity contribution in [3.63, 3.8) is 0 Å². The van der Waals surface area contributed by atoms with Gasteiger partial charge in [0.2, 0.25) is 5.95 Å². The van der Waals surface area contributed by atoms with Crippen molar-refractivity contribution < 1.29 is 22.7 Å². The zero-order valence-electron chi connectivity index (χ0n) is 17.4. The van der Waals surface area contributed by atoms with E-state index in [4.69, 9.17) is 4.74 Å². The van der Waals surface area contributed by atoms with E-state index in [1.54, 1.807) is 19.9 Å². The second kappa shape index (κ2) is 8.14. The van der Waals surface area contributed by atoms with E-state index in [-0.39, 0.29) is 17.3 Å². The van der Waals surface area contributed by atoms with Gasteiger partial charge >= 0.3 is 12.3 Å². The quantitative estimate of drug-likeness (QED) is 0.552. The largest absolute Gasteiger partial charge is 0.440 e. The van der Waals surface area contributed by atoms with Gasteiger partial charge in [-0.25, -0.2) is 14.7 Å². The molecule has 0 radical (unpaired) electrons. The van der Waals surface area contributed by atoms with E-state index in [0.717, 1.165) is 5.56 Å². The number of carbonyl (C=O) groups is 1. The lowest BCUT2D eigenvalue weighted by Gasteiger charge is -2.29. The number of aromatic nitrogens is 2. The van der Waals surface area contributed by atoms with Crippen molar-refractivity contribution >= 4 is 17.9 Å². The number of hydrogen-bond donors (Lipinski definition) is 1. The highest BCUT2D eigenvalue weighted by Crippen LogP contribution is 2.43. The Labute approximate surface area is 183 Å². The van der Waals surface area contributed by atoms with Crippen molar-refractivity contribution in [2.75, 3.05) is 10.2 Å². The Bertz CT molecular complexity index is 1090. The average molecular weight is 442 g/mol. The maximum absolute atomic E-state index is 13.7. The molecular formula is C23H21F3N4O2. The monoisotopic (exact) mass is 442 g/mol. The molecule has 3 aromatic rings. The third-order valence-electron chi connectivity index (χ3n) is 5.20. The molecule has 1 aromatic heterocycles. The van der Waals surface area contributed by atoms with Crippen LogP contribution < -0.4 is 10.2 Å². The Kier molecular flexibility index (Phi) is 5.50. The van der Waals surface area contributed by atoms with Gasteiger partial charge in [0.25, 0.3) is 0 Å². The van der Waals surface area contributed by atoms with Crippen molar-refractivity contribution in [1.82, 2.24) is 9.97 Å². The van der Waals surface area contributed by atoms with Crippen LogP contribution in [0.2, 0.25) is 0 Å². The number of carbonyl (C=O) groups excluding carboxylic acids is 1. The van der Waals surface area contributed by atoms with E-state index in [2.05, 4.69) is 15.3 Å². The van der Waals surface area contributed by atoms with Gasteiger partial charge in [-0.2, -0.15) is 18.2 Å². The number of nitrogens with zero attached hydrogens (tertiary/aromatic N) is 3. The van der Waals surface area contributed by atoms with Gasteiger partial charge in [0, 0.05) is 6.20 Å². The Balaban J connectivity index is 1.69. The van der Waals surface area contributed by atoms with E-state index in [1.165, 1.54) is 41.4 Å². The summed E-state index contributed by atoms with van der Waals surface area (Å²) in [4.78, 5) is 22.2. The van der Waals surface area contributed by atoms with Crippen molar-refractivity contribution in [3.8, 4) is 0 Å². The van der Waals surface area contributed by atoms with Crippen LogP contribution in [0.1, 0.15) is 37.1 Å². The van der Waals surface area contributed by atoms with Gasteiger partial charge in [0.15, 0.2) is 6.04 Å². The molecule has 166 valence electrons. The fourth-order valence-corrected chi connectivity index (χ4v) is 3.84. The summed E-state index contributed by atoms with van der Waals surface area (Å²) in [5.74, 6) is -0.112. The van der Waals surface area contributed by atoms with Crippen LogP contribution in [0.5, 0.6) is 0 Å². The zero-order chi connectivity index (χ0) is 22.9. The summed E-state index contributed by atoms with van der Waals surface area (Å²) >= 11 is 0. The number of alkyl halides is 3. The molecule has 1 unspecified atom stereocenters. The molecule has 2 heterocycles. The van der Waals surface area contributed by atoms with E-state index in [9.17, 15) is 18.0 Å². The zero-order valence-corrected chi connectivity index (χ0v) is 17.4. The summed E-state index contributed by atoms with van der Waals surface area (Å²) in [5.41, 5.74) is -0.0398. The Morgan fingerprint density at radius 3 is 2.28 bits per heavy atom. The first-order chi connectivity index (χ1) is 15.2. The third kappa shape index (κ3) is 4.23. The predicted molar refractivity (Wildman–Crippen MR) is 113 cm³/mol. The molecule has 4 rings (SSSR count). The number of benzene rings is 2. The van der Waals surface area contributed by atoms with Gasteiger partial charge in [-0.15, -0.1) is 0 Å². The number of cyclic esters (lactones) is 1. The lowest BCUT2D eigenvalue weighted by atomic mass is 9.91. The molecule has 2 atom stereocenters. The molecule has 1 amide bonds. The van der Waals surface area contributed by atoms with E-state index >= 15 is 0 Å². The van der Waals surface area contributed by atoms with Crippen LogP contribution in [-0.2, 0) is 4.74 Å². The normalized spacial score (nSPS) is 18.8. The first-order valence-electron chi connectivity index (χ1n) is 9.95. The van der Waals surface area contributed by atoms with Crippen LogP contribution in [0.4, 0.5) is 29.7 Å². The highest BCUT2D eigenvalue weighted by Gasteiger charge is 2.50. The molecule has 1 aliphatic heterocycles. The number of halogens is 3. The maximum atomic E-state index is 13.7. The molecule has 1 saturated heterocycles. The van der Waals surface area contributed by atoms with Crippen LogP contribution in [0.15, 0.2) is 72.9 Å². The number of anilines is 2. The standard InChI is InChI=1S/C23H21F3N4O2/c1-22(2)19(16-11-7-4-8-12-16)30(21(31)32-22)17-13-14-27-20(28-17)29-18(23(24,25)26)15-9-5-3-6-10-15/h3-14,18-19H,1-2H3,(H,27,28,29)/t18?,19-/m1/s1. The van der Waals surface area contributed by atoms with Crippen LogP contribution in [0.3, 0.4) is 0 Å². The van der Waals surface area contributed by atoms with Gasteiger partial charge in [0.1, 0.15) is 17.5 Å². The Hall–Kier alpha value is -3.62. The molecule has 1 N–H and O–H groups in total. The van der Waals surface area contributed by atoms with Gasteiger partial charge in [0.05, 0.1) is 0 Å². The molecule has 0 saturated carbocycles. The summed E-state index contributed by atoms with van der Waals surface area (Å²) in [5, 5.41) is 2.36. The number of amides is 1. The third-order valence-corrected chi connectivity index (χ3v) is 5.20. The minimum Gasteiger partial charge on any atom is -0.440 e. The second-order valence-corrected chi connectivity index (χ2v) is 7.92. The molecular weight excluding hydrogens is 421 g/mol. The number of hydrogen-bond acceptors (Lipinski definition) is 5. The summed E-state index contributed by atoms with van der Waals surface area (Å²) in [7, 11) is 0. The van der Waals surface area contributed by atoms with Crippen molar-refractivity contribution in [3.05, 3.63) is 84.1 Å². The molecule has 1 fully saturated rings. The molecule has 0 spiro atoms. The summed E-state index contributed by atoms with van der Waals surface area (Å²) in [6.45, 7) is 3.55. The number of nitrogens with one attached hydrogen (secondary N) is 1. The number of rotatable bonds is 5. The van der Waals surface area contributed by atoms with Gasteiger partial charge in [-0.3, -0.25) is 0 Å². The summed E-state index contributed by atoms with van der Waals surface area (Å²) < 4.78 is 46.8. The molecule has 1 aliphatic rings. The molecule has 9 heteroatoms. The predicted octanol–water partition coefficient (Wildman–Crippen LogP) is 5.67. The lowest BCUT2D eigenvalue weighted by molar-refractivity contribution is -0.144. The lowest BCUT2D eigenvalue weighted by Crippen LogP contribution is -2.34. The van der Waals surface area contributed by atoms with E-state index in [1.807, 2.05) is 30.3 Å². The fraction of sp³-hybridized carbons (Fsp3) is 0.261. The SMILES string of the molecule is CC1(C)OC(=O)N(c2ccnc(NC(c3ccccc3)C(F)(F)F)n2)[C@@H]1c1ccccc1. The van der Waals surface area contributed by atoms with Crippen molar-refractivity contribution in [2.45, 2.75) is 37.7 Å². The highest BCUT2D eigenvalue weighted by molar-refractivity contribution is 5.90. The van der Waals surface area contributed by atoms with Crippen LogP contribution in [-0.4, -0.2) is 27.8 Å². The minimum absolute atomic E-state index is 0.0258. The molecule has 2 aromatic carbocycles. The number of ether oxygens (including phenoxy) is 1. The van der Waals surface area contributed by atoms with Crippen LogP contribution in [0, 0.1) is 0 Å². The maximum Gasteiger partial charge on any atom is 0.416 e. The van der Waals surface area contributed by atoms with E-state index in [0.29, 0.717) is 0 Å². The minimum atomic E-state index is -4.58. The average Bonchev–Trinajstić information content (AvgIpc) is 3.00. The van der Waals surface area contributed by atoms with Gasteiger partial charge < -0.3 is 10.1 Å². The first kappa shape index (κ1) is 21.6. The van der Waals surface area contributed by atoms with Crippen LogP contribution >= 0.6 is 0 Å². The fourth-order valence-electron chi connectivity index (χ4n) is 3.84. The molecule has 0 bridgehead atoms. The van der Waals surface area contributed by atoms with E-state index < -0.39 is 30.0 Å². The van der Waals surface area contributed by atoms with Crippen LogP contribution in [0.25, 0.3) is 0 Å². The second-order valence-electron chi connectivity index (χ2n) is 7.92. The highest BCUT2D eigenvalue weighted by atomic mass is 19.4. The topological polar surface area (TPSA) is 67.3 Å². The molecule has 6 nitrogen and oxygen atoms in total. The smallest absolute Gasteiger partial charge is 0.416 e. The first-order valence-corrected chi connectivity index (χ1v) is 9.95.